The molecule has 0 aliphatic heterocycles. The highest BCUT2D eigenvalue weighted by molar-refractivity contribution is 8.23. The molecule has 0 unspecified atom stereocenters. The number of fused-ring (bicyclic) bond motifs is 1. The SMILES string of the molecule is CCN(CC)C(=S)Sc1cc(O)c2ccccc2c1O. The van der Waals surface area contributed by atoms with Gasteiger partial charge in [-0.2, -0.15) is 0 Å². The molecular formula is C15H17NO2S2. The Hall–Kier alpha value is -1.46. The summed E-state index contributed by atoms with van der Waals surface area (Å²) >= 11 is 6.68. The van der Waals surface area contributed by atoms with Crippen molar-refractivity contribution >= 4 is 39.1 Å². The average molecular weight is 307 g/mol. The van der Waals surface area contributed by atoms with E-state index in [9.17, 15) is 10.2 Å². The number of hydrogen-bond donors (Lipinski definition) is 2. The molecule has 2 aromatic rings. The molecule has 0 bridgehead atoms. The van der Waals surface area contributed by atoms with Crippen LogP contribution in [0.1, 0.15) is 13.8 Å². The molecule has 3 nitrogen and oxygen atoms in total. The summed E-state index contributed by atoms with van der Waals surface area (Å²) in [5, 5.41) is 21.7. The number of aromatic hydroxyl groups is 2. The van der Waals surface area contributed by atoms with E-state index in [0.29, 0.717) is 20.0 Å². The molecule has 0 spiro atoms. The Kier molecular flexibility index (Phi) is 4.73. The highest BCUT2D eigenvalue weighted by Crippen LogP contribution is 2.41. The lowest BCUT2D eigenvalue weighted by molar-refractivity contribution is 0.458. The van der Waals surface area contributed by atoms with Gasteiger partial charge < -0.3 is 15.1 Å². The first-order valence-corrected chi connectivity index (χ1v) is 7.71. The third kappa shape index (κ3) is 2.83. The Morgan fingerprint density at radius 2 is 1.75 bits per heavy atom. The van der Waals surface area contributed by atoms with Crippen molar-refractivity contribution < 1.29 is 10.2 Å². The molecule has 0 saturated carbocycles. The molecule has 0 atom stereocenters. The van der Waals surface area contributed by atoms with Crippen LogP contribution in [0.15, 0.2) is 35.2 Å². The molecule has 2 rings (SSSR count). The predicted octanol–water partition coefficient (Wildman–Crippen LogP) is 3.97. The largest absolute Gasteiger partial charge is 0.507 e. The average Bonchev–Trinajstić information content (AvgIpc) is 2.46. The maximum Gasteiger partial charge on any atom is 0.141 e. The summed E-state index contributed by atoms with van der Waals surface area (Å²) in [6.07, 6.45) is 0. The van der Waals surface area contributed by atoms with Crippen molar-refractivity contribution in [3.05, 3.63) is 30.3 Å². The number of phenolic OH excluding ortho intramolecular Hbond substituents is 2. The Morgan fingerprint density at radius 3 is 2.35 bits per heavy atom. The van der Waals surface area contributed by atoms with Crippen LogP contribution in [0.5, 0.6) is 11.5 Å². The van der Waals surface area contributed by atoms with Crippen LogP contribution in [-0.4, -0.2) is 32.5 Å². The van der Waals surface area contributed by atoms with Crippen LogP contribution in [-0.2, 0) is 0 Å². The van der Waals surface area contributed by atoms with Crippen LogP contribution in [0.25, 0.3) is 10.8 Å². The van der Waals surface area contributed by atoms with Gasteiger partial charge in [-0.25, -0.2) is 0 Å². The van der Waals surface area contributed by atoms with E-state index in [1.54, 1.807) is 18.2 Å². The second kappa shape index (κ2) is 6.33. The molecule has 5 heteroatoms. The van der Waals surface area contributed by atoms with E-state index < -0.39 is 0 Å². The van der Waals surface area contributed by atoms with Crippen molar-refractivity contribution in [3.63, 3.8) is 0 Å². The van der Waals surface area contributed by atoms with E-state index in [1.165, 1.54) is 11.8 Å². The minimum Gasteiger partial charge on any atom is -0.507 e. The van der Waals surface area contributed by atoms with Crippen LogP contribution in [0.3, 0.4) is 0 Å². The smallest absolute Gasteiger partial charge is 0.141 e. The Bertz CT molecular complexity index is 639. The molecule has 0 heterocycles. The molecule has 0 aliphatic carbocycles. The quantitative estimate of drug-likeness (QED) is 0.510. The number of thioether (sulfide) groups is 1. The zero-order valence-corrected chi connectivity index (χ0v) is 13.1. The molecular weight excluding hydrogens is 290 g/mol. The number of thiocarbonyl (C=S) groups is 1. The minimum atomic E-state index is 0.156. The first kappa shape index (κ1) is 14.9. The minimum absolute atomic E-state index is 0.156. The summed E-state index contributed by atoms with van der Waals surface area (Å²) in [7, 11) is 0. The first-order valence-electron chi connectivity index (χ1n) is 6.48. The summed E-state index contributed by atoms with van der Waals surface area (Å²) in [5.74, 6) is 0.321. The van der Waals surface area contributed by atoms with Gasteiger partial charge in [-0.15, -0.1) is 0 Å². The standard InChI is InChI=1S/C15H17NO2S2/c1-3-16(4-2)15(19)20-13-9-12(17)10-7-5-6-8-11(10)14(13)18/h5-9,17-18H,3-4H2,1-2H3. The predicted molar refractivity (Wildman–Crippen MR) is 88.7 cm³/mol. The maximum atomic E-state index is 10.3. The van der Waals surface area contributed by atoms with Crippen molar-refractivity contribution in [3.8, 4) is 11.5 Å². The fraction of sp³-hybridized carbons (Fsp3) is 0.267. The van der Waals surface area contributed by atoms with Crippen LogP contribution in [0.4, 0.5) is 0 Å². The van der Waals surface area contributed by atoms with Gasteiger partial charge >= 0.3 is 0 Å². The van der Waals surface area contributed by atoms with Gasteiger partial charge in [0.15, 0.2) is 0 Å². The van der Waals surface area contributed by atoms with E-state index in [2.05, 4.69) is 0 Å². The van der Waals surface area contributed by atoms with Gasteiger partial charge in [0, 0.05) is 23.9 Å². The number of nitrogens with zero attached hydrogens (tertiary/aromatic N) is 1. The van der Waals surface area contributed by atoms with E-state index in [0.717, 1.165) is 13.1 Å². The summed E-state index contributed by atoms with van der Waals surface area (Å²) < 4.78 is 0.694. The van der Waals surface area contributed by atoms with Crippen LogP contribution in [0, 0.1) is 0 Å². The first-order chi connectivity index (χ1) is 9.58. The van der Waals surface area contributed by atoms with Gasteiger partial charge in [-0.05, 0) is 19.9 Å². The maximum absolute atomic E-state index is 10.3. The van der Waals surface area contributed by atoms with Crippen LogP contribution < -0.4 is 0 Å². The molecule has 0 fully saturated rings. The van der Waals surface area contributed by atoms with E-state index in [1.807, 2.05) is 30.9 Å². The fourth-order valence-electron chi connectivity index (χ4n) is 2.03. The molecule has 0 aliphatic rings. The lowest BCUT2D eigenvalue weighted by atomic mass is 10.1. The summed E-state index contributed by atoms with van der Waals surface area (Å²) in [5.41, 5.74) is 0. The molecule has 0 aromatic heterocycles. The monoisotopic (exact) mass is 307 g/mol. The van der Waals surface area contributed by atoms with Gasteiger partial charge in [0.05, 0.1) is 4.90 Å². The number of benzene rings is 2. The second-order valence-corrected chi connectivity index (χ2v) is 6.00. The van der Waals surface area contributed by atoms with Gasteiger partial charge in [0.2, 0.25) is 0 Å². The number of rotatable bonds is 3. The zero-order valence-electron chi connectivity index (χ0n) is 11.5. The highest BCUT2D eigenvalue weighted by atomic mass is 32.2. The topological polar surface area (TPSA) is 43.7 Å². The van der Waals surface area contributed by atoms with Crippen LogP contribution in [0.2, 0.25) is 0 Å². The summed E-state index contributed by atoms with van der Waals surface area (Å²) in [6, 6.07) is 8.79. The molecule has 106 valence electrons. The Morgan fingerprint density at radius 1 is 1.15 bits per heavy atom. The fourth-order valence-corrected chi connectivity index (χ4v) is 3.51. The zero-order chi connectivity index (χ0) is 14.7. The third-order valence-electron chi connectivity index (χ3n) is 3.18. The summed E-state index contributed by atoms with van der Waals surface area (Å²) in [6.45, 7) is 5.72. The Labute approximate surface area is 128 Å². The van der Waals surface area contributed by atoms with Gasteiger partial charge in [0.25, 0.3) is 0 Å². The van der Waals surface area contributed by atoms with Gasteiger partial charge in [0.1, 0.15) is 15.8 Å². The normalized spacial score (nSPS) is 10.7. The number of hydrogen-bond acceptors (Lipinski definition) is 4. The van der Waals surface area contributed by atoms with Gasteiger partial charge in [-0.1, -0.05) is 48.2 Å². The number of phenols is 2. The summed E-state index contributed by atoms with van der Waals surface area (Å²) in [4.78, 5) is 2.61. The third-order valence-corrected chi connectivity index (χ3v) is 4.65. The molecule has 0 saturated heterocycles. The lowest BCUT2D eigenvalue weighted by Gasteiger charge is -2.21. The second-order valence-electron chi connectivity index (χ2n) is 4.33. The molecule has 2 aromatic carbocycles. The lowest BCUT2D eigenvalue weighted by Crippen LogP contribution is -2.26. The van der Waals surface area contributed by atoms with Crippen molar-refractivity contribution in [1.82, 2.24) is 4.90 Å². The van der Waals surface area contributed by atoms with E-state index >= 15 is 0 Å². The Balaban J connectivity index is 2.41. The van der Waals surface area contributed by atoms with Crippen molar-refractivity contribution in [2.24, 2.45) is 0 Å². The van der Waals surface area contributed by atoms with Gasteiger partial charge in [-0.3, -0.25) is 0 Å². The molecule has 2 N–H and O–H groups in total. The van der Waals surface area contributed by atoms with Crippen molar-refractivity contribution in [1.29, 1.82) is 0 Å². The van der Waals surface area contributed by atoms with Crippen LogP contribution >= 0.6 is 24.0 Å². The highest BCUT2D eigenvalue weighted by Gasteiger charge is 2.15. The van der Waals surface area contributed by atoms with Crippen molar-refractivity contribution in [2.75, 3.05) is 13.1 Å². The molecule has 20 heavy (non-hydrogen) atoms. The van der Waals surface area contributed by atoms with Crippen molar-refractivity contribution in [2.45, 2.75) is 18.7 Å². The van der Waals surface area contributed by atoms with E-state index in [-0.39, 0.29) is 11.5 Å². The molecule has 0 amide bonds. The molecule has 0 radical (unpaired) electrons. The van der Waals surface area contributed by atoms with E-state index in [4.69, 9.17) is 12.2 Å².